The van der Waals surface area contributed by atoms with Gasteiger partial charge in [-0.15, -0.1) is 0 Å². The lowest BCUT2D eigenvalue weighted by molar-refractivity contribution is 0.0417. The zero-order chi connectivity index (χ0) is 21.9. The summed E-state index contributed by atoms with van der Waals surface area (Å²) in [5.74, 6) is 0.662. The number of ether oxygens (including phenoxy) is 1. The molecule has 0 radical (unpaired) electrons. The van der Waals surface area contributed by atoms with Crippen molar-refractivity contribution >= 4 is 21.9 Å². The number of pyridine rings is 1. The molecule has 10 nitrogen and oxygen atoms in total. The second-order valence-corrected chi connectivity index (χ2v) is 10.6. The molecule has 1 unspecified atom stereocenters. The van der Waals surface area contributed by atoms with Crippen LogP contribution < -0.4 is 14.8 Å². The fourth-order valence-corrected chi connectivity index (χ4v) is 6.29. The number of aromatic nitrogens is 3. The molecule has 1 fully saturated rings. The van der Waals surface area contributed by atoms with Crippen molar-refractivity contribution in [2.24, 2.45) is 0 Å². The lowest BCUT2D eigenvalue weighted by atomic mass is 10.0. The number of carbonyl (C=O) groups excluding carboxylic acids is 1. The minimum Gasteiger partial charge on any atom is -0.475 e. The van der Waals surface area contributed by atoms with Gasteiger partial charge in [-0.05, 0) is 74.7 Å². The average Bonchev–Trinajstić information content (AvgIpc) is 3.44. The van der Waals surface area contributed by atoms with E-state index in [0.29, 0.717) is 19.0 Å². The third-order valence-corrected chi connectivity index (χ3v) is 8.33. The maximum absolute atomic E-state index is 12.9. The zero-order valence-electron chi connectivity index (χ0n) is 17.8. The maximum Gasteiger partial charge on any atom is 0.334 e. The van der Waals surface area contributed by atoms with Gasteiger partial charge in [-0.2, -0.15) is 5.10 Å². The van der Waals surface area contributed by atoms with E-state index in [4.69, 9.17) is 4.74 Å². The number of anilines is 1. The summed E-state index contributed by atoms with van der Waals surface area (Å²) < 4.78 is 35.3. The molecule has 32 heavy (non-hydrogen) atoms. The van der Waals surface area contributed by atoms with Gasteiger partial charge in [-0.3, -0.25) is 10.2 Å². The predicted molar refractivity (Wildman–Crippen MR) is 115 cm³/mol. The molecule has 4 aliphatic rings. The van der Waals surface area contributed by atoms with Crippen LogP contribution >= 0.6 is 0 Å². The molecule has 2 amide bonds. The Morgan fingerprint density at radius 1 is 1.06 bits per heavy atom. The second kappa shape index (κ2) is 7.45. The van der Waals surface area contributed by atoms with E-state index in [1.807, 2.05) is 0 Å². The third kappa shape index (κ3) is 3.25. The maximum atomic E-state index is 12.9. The van der Waals surface area contributed by atoms with Crippen LogP contribution in [0.3, 0.4) is 0 Å². The molecular formula is C21H26N6O4S. The first-order valence-electron chi connectivity index (χ1n) is 11.3. The minimum atomic E-state index is -4.14. The smallest absolute Gasteiger partial charge is 0.334 e. The standard InChI is InChI=1S/C21H26N6O4S/c28-21(24-19-16-6-1-4-14(16)15-5-2-7-17(15)23-19)25-32(29,30)18-10-22-27-11-13(12-31-20(18)27)26-8-3-9-26/h10,13H,1-9,11-12H2,(H2,23,24,25,28). The number of rotatable bonds is 4. The Morgan fingerprint density at radius 3 is 2.66 bits per heavy atom. The van der Waals surface area contributed by atoms with Gasteiger partial charge in [0, 0.05) is 5.69 Å². The van der Waals surface area contributed by atoms with Gasteiger partial charge in [0.25, 0.3) is 10.0 Å². The Balaban J connectivity index is 1.19. The van der Waals surface area contributed by atoms with Gasteiger partial charge in [-0.25, -0.2) is 27.6 Å². The van der Waals surface area contributed by atoms with Crippen molar-refractivity contribution in [3.63, 3.8) is 0 Å². The second-order valence-electron chi connectivity index (χ2n) is 8.96. The molecule has 0 aromatic carbocycles. The quantitative estimate of drug-likeness (QED) is 0.707. The highest BCUT2D eigenvalue weighted by Gasteiger charge is 2.34. The summed E-state index contributed by atoms with van der Waals surface area (Å²) in [4.78, 5) is 19.5. The number of aryl methyl sites for hydroxylation is 1. The van der Waals surface area contributed by atoms with Crippen molar-refractivity contribution in [1.82, 2.24) is 24.4 Å². The van der Waals surface area contributed by atoms with Crippen LogP contribution in [0.5, 0.6) is 5.88 Å². The Labute approximate surface area is 186 Å². The first kappa shape index (κ1) is 20.0. The molecule has 1 atom stereocenters. The molecule has 2 aliphatic carbocycles. The van der Waals surface area contributed by atoms with Crippen LogP contribution in [0.4, 0.5) is 10.6 Å². The van der Waals surface area contributed by atoms with Gasteiger partial charge in [0.2, 0.25) is 5.88 Å². The molecular weight excluding hydrogens is 432 g/mol. The Kier molecular flexibility index (Phi) is 4.65. The number of urea groups is 1. The van der Waals surface area contributed by atoms with Crippen LogP contribution in [0.25, 0.3) is 0 Å². The summed E-state index contributed by atoms with van der Waals surface area (Å²) in [5, 5.41) is 6.89. The largest absolute Gasteiger partial charge is 0.475 e. The number of carbonyl (C=O) groups is 1. The monoisotopic (exact) mass is 458 g/mol. The SMILES string of the molecule is O=C(Nc1nc2c(c3c1CCC3)CCC2)NS(=O)(=O)c1cnn2c1OCC(N1CCC1)C2. The molecule has 2 aromatic rings. The van der Waals surface area contributed by atoms with E-state index in [1.165, 1.54) is 23.7 Å². The lowest BCUT2D eigenvalue weighted by Gasteiger charge is -2.40. The molecule has 170 valence electrons. The number of sulfonamides is 1. The highest BCUT2D eigenvalue weighted by molar-refractivity contribution is 7.90. The van der Waals surface area contributed by atoms with E-state index in [2.05, 4.69) is 25.0 Å². The van der Waals surface area contributed by atoms with E-state index in [-0.39, 0.29) is 16.8 Å². The summed E-state index contributed by atoms with van der Waals surface area (Å²) in [7, 11) is -4.14. The molecule has 0 spiro atoms. The van der Waals surface area contributed by atoms with Crippen molar-refractivity contribution in [2.75, 3.05) is 25.0 Å². The molecule has 0 bridgehead atoms. The van der Waals surface area contributed by atoms with Crippen molar-refractivity contribution in [3.8, 4) is 5.88 Å². The third-order valence-electron chi connectivity index (χ3n) is 7.01. The molecule has 4 heterocycles. The molecule has 11 heteroatoms. The Morgan fingerprint density at radius 2 is 1.84 bits per heavy atom. The van der Waals surface area contributed by atoms with Crippen molar-refractivity contribution < 1.29 is 17.9 Å². The van der Waals surface area contributed by atoms with Gasteiger partial charge in [0.15, 0.2) is 4.90 Å². The number of nitrogens with one attached hydrogen (secondary N) is 2. The summed E-state index contributed by atoms with van der Waals surface area (Å²) in [6, 6.07) is -0.630. The first-order chi connectivity index (χ1) is 15.5. The van der Waals surface area contributed by atoms with Crippen LogP contribution in [-0.4, -0.2) is 59.9 Å². The summed E-state index contributed by atoms with van der Waals surface area (Å²) in [6.45, 7) is 3.03. The number of fused-ring (bicyclic) bond motifs is 4. The number of nitrogens with zero attached hydrogens (tertiary/aromatic N) is 4. The number of hydrogen-bond acceptors (Lipinski definition) is 7. The first-order valence-corrected chi connectivity index (χ1v) is 12.8. The summed E-state index contributed by atoms with van der Waals surface area (Å²) >= 11 is 0. The Hall–Kier alpha value is -2.66. The molecule has 2 aromatic heterocycles. The molecule has 2 aliphatic heterocycles. The van der Waals surface area contributed by atoms with E-state index in [0.717, 1.165) is 62.9 Å². The van der Waals surface area contributed by atoms with E-state index in [9.17, 15) is 13.2 Å². The normalized spacial score (nSPS) is 21.8. The molecule has 0 saturated carbocycles. The van der Waals surface area contributed by atoms with Crippen molar-refractivity contribution in [1.29, 1.82) is 0 Å². The number of hydrogen-bond donors (Lipinski definition) is 2. The Bertz CT molecular complexity index is 1200. The van der Waals surface area contributed by atoms with Crippen LogP contribution in [-0.2, 0) is 42.3 Å². The molecule has 2 N–H and O–H groups in total. The average molecular weight is 459 g/mol. The molecule has 1 saturated heterocycles. The summed E-state index contributed by atoms with van der Waals surface area (Å²) in [5.41, 5.74) is 4.69. The van der Waals surface area contributed by atoms with Crippen LogP contribution in [0.1, 0.15) is 41.6 Å². The number of amides is 2. The van der Waals surface area contributed by atoms with Gasteiger partial charge < -0.3 is 4.74 Å². The highest BCUT2D eigenvalue weighted by Crippen LogP contribution is 2.36. The van der Waals surface area contributed by atoms with Gasteiger partial charge >= 0.3 is 6.03 Å². The van der Waals surface area contributed by atoms with E-state index < -0.39 is 16.1 Å². The topological polar surface area (TPSA) is 118 Å². The zero-order valence-corrected chi connectivity index (χ0v) is 18.6. The van der Waals surface area contributed by atoms with Crippen molar-refractivity contribution in [2.45, 2.75) is 62.4 Å². The van der Waals surface area contributed by atoms with Crippen LogP contribution in [0.2, 0.25) is 0 Å². The summed E-state index contributed by atoms with van der Waals surface area (Å²) in [6.07, 6.45) is 8.29. The van der Waals surface area contributed by atoms with Gasteiger partial charge in [0.05, 0.1) is 18.8 Å². The van der Waals surface area contributed by atoms with Crippen LogP contribution in [0.15, 0.2) is 11.1 Å². The fourth-order valence-electron chi connectivity index (χ4n) is 5.30. The number of likely N-dealkylation sites (tertiary alicyclic amines) is 1. The van der Waals surface area contributed by atoms with Gasteiger partial charge in [-0.1, -0.05) is 0 Å². The highest BCUT2D eigenvalue weighted by atomic mass is 32.2. The fraction of sp³-hybridized carbons (Fsp3) is 0.571. The predicted octanol–water partition coefficient (Wildman–Crippen LogP) is 1.23. The lowest BCUT2D eigenvalue weighted by Crippen LogP contribution is -2.51. The minimum absolute atomic E-state index is 0.123. The van der Waals surface area contributed by atoms with E-state index >= 15 is 0 Å². The van der Waals surface area contributed by atoms with Crippen molar-refractivity contribution in [3.05, 3.63) is 28.6 Å². The van der Waals surface area contributed by atoms with Gasteiger partial charge in [0.1, 0.15) is 12.4 Å². The van der Waals surface area contributed by atoms with E-state index in [1.54, 1.807) is 4.68 Å². The van der Waals surface area contributed by atoms with Crippen LogP contribution in [0, 0.1) is 0 Å². The molecule has 6 rings (SSSR count).